The third kappa shape index (κ3) is 5.99. The molecule has 0 atom stereocenters. The molecule has 1 fully saturated rings. The van der Waals surface area contributed by atoms with Crippen LogP contribution in [0.2, 0.25) is 39.3 Å². The highest BCUT2D eigenvalue weighted by atomic mass is 28.3. The smallest absolute Gasteiger partial charge is 0.399 e. The van der Waals surface area contributed by atoms with Crippen molar-refractivity contribution in [3.63, 3.8) is 0 Å². The molecule has 24 heavy (non-hydrogen) atoms. The summed E-state index contributed by atoms with van der Waals surface area (Å²) in [6.07, 6.45) is 0. The Hall–Kier alpha value is -0.141. The molecule has 0 bridgehead atoms. The van der Waals surface area contributed by atoms with Crippen LogP contribution in [0.3, 0.4) is 0 Å². The van der Waals surface area contributed by atoms with Gasteiger partial charge in [0, 0.05) is 7.11 Å². The predicted molar refractivity (Wildman–Crippen MR) is 111 cm³/mol. The molecule has 0 aliphatic carbocycles. The van der Waals surface area contributed by atoms with E-state index in [1.54, 1.807) is 7.11 Å². The van der Waals surface area contributed by atoms with Gasteiger partial charge >= 0.3 is 7.12 Å². The minimum absolute atomic E-state index is 0.320. The summed E-state index contributed by atoms with van der Waals surface area (Å²) >= 11 is 0. The lowest BCUT2D eigenvalue weighted by atomic mass is 9.75. The number of hydrogen-bond donors (Lipinski definition) is 0. The lowest BCUT2D eigenvalue weighted by Crippen LogP contribution is -2.41. The fourth-order valence-corrected chi connectivity index (χ4v) is 5.19. The van der Waals surface area contributed by atoms with Gasteiger partial charge in [0.1, 0.15) is 0 Å². The average molecular weight is 368 g/mol. The van der Waals surface area contributed by atoms with Gasteiger partial charge in [-0.3, -0.25) is 0 Å². The number of methoxy groups -OCH3 is 1. The highest BCUT2D eigenvalue weighted by Gasteiger charge is 2.53. The molecule has 1 aliphatic heterocycles. The third-order valence-corrected chi connectivity index (χ3v) is 6.77. The maximum atomic E-state index is 6.36. The van der Waals surface area contributed by atoms with Crippen LogP contribution < -0.4 is 0 Å². The van der Waals surface area contributed by atoms with E-state index in [1.807, 2.05) is 0 Å². The van der Waals surface area contributed by atoms with Crippen LogP contribution in [-0.4, -0.2) is 48.2 Å². The van der Waals surface area contributed by atoms with Gasteiger partial charge in [0.2, 0.25) is 0 Å². The van der Waals surface area contributed by atoms with Gasteiger partial charge in [-0.25, -0.2) is 0 Å². The highest BCUT2D eigenvalue weighted by molar-refractivity contribution is 6.83. The molecule has 0 aromatic carbocycles. The van der Waals surface area contributed by atoms with Crippen molar-refractivity contribution in [2.45, 2.75) is 78.2 Å². The zero-order valence-electron chi connectivity index (χ0n) is 17.7. The highest BCUT2D eigenvalue weighted by Crippen LogP contribution is 2.40. The first-order chi connectivity index (χ1) is 10.6. The molecule has 1 saturated heterocycles. The van der Waals surface area contributed by atoms with Crippen LogP contribution in [0.1, 0.15) is 27.7 Å². The average Bonchev–Trinajstić information content (AvgIpc) is 2.52. The molecule has 0 amide bonds. The molecule has 0 saturated carbocycles. The normalized spacial score (nSPS) is 22.2. The Bertz CT molecular complexity index is 495. The van der Waals surface area contributed by atoms with Gasteiger partial charge in [-0.1, -0.05) is 50.7 Å². The fourth-order valence-electron chi connectivity index (χ4n) is 2.64. The van der Waals surface area contributed by atoms with Crippen LogP contribution in [0.25, 0.3) is 0 Å². The van der Waals surface area contributed by atoms with Gasteiger partial charge in [-0.05, 0) is 38.7 Å². The van der Waals surface area contributed by atoms with E-state index in [0.29, 0.717) is 6.61 Å². The topological polar surface area (TPSA) is 27.7 Å². The molecule has 0 N–H and O–H groups in total. The largest absolute Gasteiger partial charge is 0.494 e. The van der Waals surface area contributed by atoms with Gasteiger partial charge in [-0.15, -0.1) is 0 Å². The van der Waals surface area contributed by atoms with E-state index in [0.717, 1.165) is 0 Å². The summed E-state index contributed by atoms with van der Waals surface area (Å²) in [6.45, 7) is 23.1. The zero-order valence-corrected chi connectivity index (χ0v) is 19.7. The van der Waals surface area contributed by atoms with Crippen LogP contribution in [0.15, 0.2) is 22.4 Å². The molecule has 0 aromatic heterocycles. The first-order valence-corrected chi connectivity index (χ1v) is 16.0. The second kappa shape index (κ2) is 7.23. The standard InChI is InChI=1S/C18H37BO3Si2/c1-17(2)18(3,4)22-19(21-17)16(14-24(9,10)11)15(12-20-5)13-23(6,7)8/h13-14H,12H2,1-11H3/b15-13-,16-14-. The van der Waals surface area contributed by atoms with Crippen molar-refractivity contribution in [1.29, 1.82) is 0 Å². The number of ether oxygens (including phenoxy) is 1. The minimum Gasteiger partial charge on any atom is -0.399 e. The van der Waals surface area contributed by atoms with E-state index in [-0.39, 0.29) is 18.3 Å². The van der Waals surface area contributed by atoms with Crippen molar-refractivity contribution in [3.8, 4) is 0 Å². The maximum absolute atomic E-state index is 6.36. The molecule has 1 rings (SSSR count). The van der Waals surface area contributed by atoms with E-state index in [1.165, 1.54) is 11.0 Å². The molecule has 0 radical (unpaired) electrons. The molecule has 0 unspecified atom stereocenters. The Morgan fingerprint density at radius 1 is 0.875 bits per heavy atom. The van der Waals surface area contributed by atoms with Gasteiger partial charge in [-0.2, -0.15) is 0 Å². The van der Waals surface area contributed by atoms with Crippen LogP contribution in [0.5, 0.6) is 0 Å². The summed E-state index contributed by atoms with van der Waals surface area (Å²) < 4.78 is 18.3. The van der Waals surface area contributed by atoms with Crippen molar-refractivity contribution >= 4 is 23.3 Å². The van der Waals surface area contributed by atoms with Crippen molar-refractivity contribution < 1.29 is 14.0 Å². The molecule has 138 valence electrons. The van der Waals surface area contributed by atoms with Crippen LogP contribution in [0, 0.1) is 0 Å². The van der Waals surface area contributed by atoms with Crippen LogP contribution in [0.4, 0.5) is 0 Å². The first kappa shape index (κ1) is 21.9. The number of hydrogen-bond acceptors (Lipinski definition) is 3. The monoisotopic (exact) mass is 368 g/mol. The Morgan fingerprint density at radius 3 is 1.62 bits per heavy atom. The zero-order chi connectivity index (χ0) is 19.0. The van der Waals surface area contributed by atoms with Crippen LogP contribution in [-0.2, 0) is 14.0 Å². The molecule has 3 nitrogen and oxygen atoms in total. The van der Waals surface area contributed by atoms with Crippen molar-refractivity contribution in [2.24, 2.45) is 0 Å². The molecular formula is C18H37BO3Si2. The molecule has 1 heterocycles. The van der Waals surface area contributed by atoms with Gasteiger partial charge in [0.15, 0.2) is 0 Å². The summed E-state index contributed by atoms with van der Waals surface area (Å²) in [4.78, 5) is 0. The lowest BCUT2D eigenvalue weighted by molar-refractivity contribution is 0.00578. The molecule has 0 spiro atoms. The van der Waals surface area contributed by atoms with E-state index < -0.39 is 16.1 Å². The summed E-state index contributed by atoms with van der Waals surface area (Å²) in [7, 11) is -1.41. The van der Waals surface area contributed by atoms with Crippen molar-refractivity contribution in [2.75, 3.05) is 13.7 Å². The summed E-state index contributed by atoms with van der Waals surface area (Å²) in [6, 6.07) is 0. The minimum atomic E-state index is -1.45. The molecular weight excluding hydrogens is 331 g/mol. The summed E-state index contributed by atoms with van der Waals surface area (Å²) in [5.41, 5.74) is 6.60. The van der Waals surface area contributed by atoms with Gasteiger partial charge in [0.05, 0.1) is 34.0 Å². The molecule has 0 aromatic rings. The van der Waals surface area contributed by atoms with E-state index in [4.69, 9.17) is 14.0 Å². The second-order valence-electron chi connectivity index (χ2n) is 10.0. The first-order valence-electron chi connectivity index (χ1n) is 8.87. The molecule has 6 heteroatoms. The SMILES string of the molecule is COCC(=C/[Si](C)(C)C)/C(=C/[Si](C)(C)C)B1OC(C)(C)C(C)(C)O1. The number of rotatable bonds is 6. The van der Waals surface area contributed by atoms with Crippen molar-refractivity contribution in [3.05, 3.63) is 22.4 Å². The van der Waals surface area contributed by atoms with Gasteiger partial charge in [0.25, 0.3) is 0 Å². The maximum Gasteiger partial charge on any atom is 0.494 e. The van der Waals surface area contributed by atoms with Gasteiger partial charge < -0.3 is 14.0 Å². The third-order valence-electron chi connectivity index (χ3n) is 4.37. The van der Waals surface area contributed by atoms with Crippen LogP contribution >= 0.6 is 0 Å². The summed E-state index contributed by atoms with van der Waals surface area (Å²) in [5.74, 6) is 0. The predicted octanol–water partition coefficient (Wildman–Crippen LogP) is 4.87. The Balaban J connectivity index is 3.38. The van der Waals surface area contributed by atoms with E-state index in [2.05, 4.69) is 78.4 Å². The summed E-state index contributed by atoms with van der Waals surface area (Å²) in [5, 5.41) is 0. The Labute approximate surface area is 152 Å². The second-order valence-corrected chi connectivity index (χ2v) is 20.1. The van der Waals surface area contributed by atoms with E-state index in [9.17, 15) is 0 Å². The Kier molecular flexibility index (Phi) is 6.60. The van der Waals surface area contributed by atoms with E-state index >= 15 is 0 Å². The van der Waals surface area contributed by atoms with Crippen molar-refractivity contribution in [1.82, 2.24) is 0 Å². The fraction of sp³-hybridized carbons (Fsp3) is 0.778. The lowest BCUT2D eigenvalue weighted by Gasteiger charge is -2.32. The Morgan fingerprint density at radius 2 is 1.29 bits per heavy atom. The quantitative estimate of drug-likeness (QED) is 0.494. The molecule has 1 aliphatic rings.